The molecule has 0 heterocycles. The van der Waals surface area contributed by atoms with Crippen molar-refractivity contribution in [2.24, 2.45) is 4.99 Å². The molecule has 0 amide bonds. The lowest BCUT2D eigenvalue weighted by Gasteiger charge is -2.18. The smallest absolute Gasteiger partial charge is 0.228 e. The van der Waals surface area contributed by atoms with Gasteiger partial charge in [-0.25, -0.2) is 0 Å². The molecular weight excluding hydrogens is 278 g/mol. The van der Waals surface area contributed by atoms with Crippen LogP contribution in [0.15, 0.2) is 70.9 Å². The van der Waals surface area contributed by atoms with Gasteiger partial charge in [0.1, 0.15) is 0 Å². The van der Waals surface area contributed by atoms with Gasteiger partial charge >= 0.3 is 0 Å². The quantitative estimate of drug-likeness (QED) is 0.865. The Kier molecular flexibility index (Phi) is 3.43. The molecule has 0 unspecified atom stereocenters. The number of hydrogen-bond donors (Lipinski definition) is 1. The van der Waals surface area contributed by atoms with Crippen LogP contribution in [0.4, 0.5) is 0 Å². The third-order valence-corrected chi connectivity index (χ3v) is 3.60. The number of allylic oxidation sites excluding steroid dienone is 2. The van der Waals surface area contributed by atoms with E-state index < -0.39 is 17.3 Å². The van der Waals surface area contributed by atoms with Gasteiger partial charge in [0.05, 0.1) is 11.3 Å². The predicted octanol–water partition coefficient (Wildman–Crippen LogP) is 3.00. The summed E-state index contributed by atoms with van der Waals surface area (Å²) in [5.41, 5.74) is 1.45. The summed E-state index contributed by atoms with van der Waals surface area (Å²) in [7, 11) is 1.53. The fourth-order valence-electron chi connectivity index (χ4n) is 2.56. The first-order chi connectivity index (χ1) is 10.6. The Balaban J connectivity index is 2.21. The summed E-state index contributed by atoms with van der Waals surface area (Å²) in [4.78, 5) is 29.1. The molecule has 0 fully saturated rings. The molecule has 2 aromatic carbocycles. The highest BCUT2D eigenvalue weighted by Gasteiger charge is 2.34. The Labute approximate surface area is 127 Å². The van der Waals surface area contributed by atoms with E-state index in [-0.39, 0.29) is 16.7 Å². The number of aliphatic hydroxyl groups is 1. The highest BCUT2D eigenvalue weighted by atomic mass is 16.3. The Morgan fingerprint density at radius 2 is 1.41 bits per heavy atom. The Hall–Kier alpha value is -3.01. The van der Waals surface area contributed by atoms with Crippen LogP contribution in [0, 0.1) is 0 Å². The topological polar surface area (TPSA) is 66.7 Å². The Morgan fingerprint density at radius 1 is 0.864 bits per heavy atom. The third kappa shape index (κ3) is 2.05. The van der Waals surface area contributed by atoms with Crippen LogP contribution in [0.3, 0.4) is 0 Å². The lowest BCUT2D eigenvalue weighted by molar-refractivity contribution is 0.0934. The number of benzene rings is 2. The van der Waals surface area contributed by atoms with Crippen LogP contribution in [0.2, 0.25) is 0 Å². The summed E-state index contributed by atoms with van der Waals surface area (Å²) in [6.07, 6.45) is 0. The number of carbonyl (C=O) groups excluding carboxylic acids is 2. The number of carbonyl (C=O) groups is 2. The molecule has 2 aromatic rings. The van der Waals surface area contributed by atoms with Gasteiger partial charge in [0, 0.05) is 23.7 Å². The second-order valence-corrected chi connectivity index (χ2v) is 4.87. The van der Waals surface area contributed by atoms with Crippen molar-refractivity contribution in [2.45, 2.75) is 0 Å². The molecule has 0 atom stereocenters. The molecule has 0 aromatic heterocycles. The van der Waals surface area contributed by atoms with Gasteiger partial charge in [0.2, 0.25) is 5.78 Å². The molecule has 22 heavy (non-hydrogen) atoms. The van der Waals surface area contributed by atoms with Crippen LogP contribution in [-0.4, -0.2) is 29.4 Å². The number of rotatable bonds is 2. The molecular formula is C18H13NO3. The standard InChI is InChI=1S/C18H13NO3/c1-19-15(11-7-3-2-4-8-11)14-16(20)12-9-5-6-10-13(12)17(21)18(14)22/h2-10,22H,1H3/b19-15-. The van der Waals surface area contributed by atoms with E-state index in [0.717, 1.165) is 0 Å². The van der Waals surface area contributed by atoms with E-state index in [4.69, 9.17) is 0 Å². The van der Waals surface area contributed by atoms with E-state index in [1.54, 1.807) is 42.5 Å². The van der Waals surface area contributed by atoms with Gasteiger partial charge in [-0.3, -0.25) is 14.6 Å². The second kappa shape index (κ2) is 5.41. The Bertz CT molecular complexity index is 832. The SMILES string of the molecule is C/N=C(\C1=C(O)C(=O)c2ccccc2C1=O)c1ccccc1. The van der Waals surface area contributed by atoms with E-state index in [9.17, 15) is 14.7 Å². The number of Topliss-reactive ketones (excluding diaryl/α,β-unsaturated/α-hetero) is 2. The normalized spacial score (nSPS) is 15.0. The molecule has 0 aliphatic heterocycles. The largest absolute Gasteiger partial charge is 0.504 e. The minimum Gasteiger partial charge on any atom is -0.504 e. The second-order valence-electron chi connectivity index (χ2n) is 4.87. The monoisotopic (exact) mass is 291 g/mol. The minimum atomic E-state index is -0.553. The van der Waals surface area contributed by atoms with Crippen molar-refractivity contribution in [3.8, 4) is 0 Å². The van der Waals surface area contributed by atoms with Gasteiger partial charge in [-0.15, -0.1) is 0 Å². The maximum atomic E-state index is 12.7. The molecule has 3 rings (SSSR count). The summed E-state index contributed by atoms with van der Waals surface area (Å²) >= 11 is 0. The number of aliphatic imine (C=N–C) groups is 1. The average molecular weight is 291 g/mol. The molecule has 4 heteroatoms. The lowest BCUT2D eigenvalue weighted by atomic mass is 9.84. The van der Waals surface area contributed by atoms with Crippen LogP contribution in [0.1, 0.15) is 26.3 Å². The van der Waals surface area contributed by atoms with Crippen molar-refractivity contribution in [1.82, 2.24) is 0 Å². The predicted molar refractivity (Wildman–Crippen MR) is 83.7 cm³/mol. The van der Waals surface area contributed by atoms with Crippen molar-refractivity contribution in [2.75, 3.05) is 7.05 Å². The first-order valence-electron chi connectivity index (χ1n) is 6.79. The van der Waals surface area contributed by atoms with Gasteiger partial charge in [-0.1, -0.05) is 54.6 Å². The maximum absolute atomic E-state index is 12.7. The highest BCUT2D eigenvalue weighted by Crippen LogP contribution is 2.27. The molecule has 1 aliphatic carbocycles. The summed E-state index contributed by atoms with van der Waals surface area (Å²) < 4.78 is 0. The van der Waals surface area contributed by atoms with Gasteiger partial charge in [0.15, 0.2) is 11.5 Å². The summed E-state index contributed by atoms with van der Waals surface area (Å²) in [6.45, 7) is 0. The molecule has 108 valence electrons. The van der Waals surface area contributed by atoms with E-state index in [0.29, 0.717) is 11.3 Å². The number of fused-ring (bicyclic) bond motifs is 1. The van der Waals surface area contributed by atoms with E-state index >= 15 is 0 Å². The van der Waals surface area contributed by atoms with Gasteiger partial charge in [-0.05, 0) is 0 Å². The minimum absolute atomic E-state index is 0.0441. The Morgan fingerprint density at radius 3 is 2.00 bits per heavy atom. The zero-order chi connectivity index (χ0) is 15.7. The fourth-order valence-corrected chi connectivity index (χ4v) is 2.56. The third-order valence-electron chi connectivity index (χ3n) is 3.60. The van der Waals surface area contributed by atoms with Gasteiger partial charge < -0.3 is 5.11 Å². The fraction of sp³-hybridized carbons (Fsp3) is 0.0556. The molecule has 0 spiro atoms. The number of nitrogens with zero attached hydrogens (tertiary/aromatic N) is 1. The molecule has 0 bridgehead atoms. The average Bonchev–Trinajstić information content (AvgIpc) is 2.57. The summed E-state index contributed by atoms with van der Waals surface area (Å²) in [5, 5.41) is 10.2. The number of hydrogen-bond acceptors (Lipinski definition) is 4. The van der Waals surface area contributed by atoms with Crippen molar-refractivity contribution in [3.63, 3.8) is 0 Å². The molecule has 1 N–H and O–H groups in total. The molecule has 1 aliphatic rings. The van der Waals surface area contributed by atoms with Crippen LogP contribution >= 0.6 is 0 Å². The van der Waals surface area contributed by atoms with E-state index in [1.165, 1.54) is 13.1 Å². The van der Waals surface area contributed by atoms with Crippen LogP contribution < -0.4 is 0 Å². The number of ketones is 2. The van der Waals surface area contributed by atoms with Crippen molar-refractivity contribution < 1.29 is 14.7 Å². The van der Waals surface area contributed by atoms with Crippen LogP contribution in [0.25, 0.3) is 0 Å². The first kappa shape index (κ1) is 13.9. The van der Waals surface area contributed by atoms with Gasteiger partial charge in [0.25, 0.3) is 0 Å². The van der Waals surface area contributed by atoms with Crippen LogP contribution in [0.5, 0.6) is 0 Å². The first-order valence-corrected chi connectivity index (χ1v) is 6.79. The van der Waals surface area contributed by atoms with E-state index in [2.05, 4.69) is 4.99 Å². The van der Waals surface area contributed by atoms with Crippen molar-refractivity contribution in [3.05, 3.63) is 82.6 Å². The number of aliphatic hydroxyl groups excluding tert-OH is 1. The van der Waals surface area contributed by atoms with E-state index in [1.807, 2.05) is 6.07 Å². The zero-order valence-electron chi connectivity index (χ0n) is 11.9. The molecule has 4 nitrogen and oxygen atoms in total. The lowest BCUT2D eigenvalue weighted by Crippen LogP contribution is -2.27. The molecule has 0 saturated heterocycles. The van der Waals surface area contributed by atoms with Crippen molar-refractivity contribution >= 4 is 17.3 Å². The molecule has 0 radical (unpaired) electrons. The molecule has 0 saturated carbocycles. The van der Waals surface area contributed by atoms with Crippen LogP contribution in [-0.2, 0) is 0 Å². The van der Waals surface area contributed by atoms with Gasteiger partial charge in [-0.2, -0.15) is 0 Å². The zero-order valence-corrected chi connectivity index (χ0v) is 11.9. The van der Waals surface area contributed by atoms with Crippen molar-refractivity contribution in [1.29, 1.82) is 0 Å². The summed E-state index contributed by atoms with van der Waals surface area (Å²) in [5.74, 6) is -1.49. The maximum Gasteiger partial charge on any atom is 0.228 e. The highest BCUT2D eigenvalue weighted by molar-refractivity contribution is 6.39. The summed E-state index contributed by atoms with van der Waals surface area (Å²) in [6, 6.07) is 15.5.